The third-order valence-corrected chi connectivity index (χ3v) is 3.49. The van der Waals surface area contributed by atoms with E-state index in [0.29, 0.717) is 18.8 Å². The number of amides is 1. The minimum atomic E-state index is -0.475. The number of nitrogens with two attached hydrogens (primary N) is 1. The molecule has 8 heteroatoms. The molecule has 1 heterocycles. The summed E-state index contributed by atoms with van der Waals surface area (Å²) >= 11 is 0. The van der Waals surface area contributed by atoms with E-state index in [1.54, 1.807) is 24.0 Å². The molecule has 1 aromatic rings. The van der Waals surface area contributed by atoms with Gasteiger partial charge in [-0.2, -0.15) is 0 Å². The molecule has 1 fully saturated rings. The summed E-state index contributed by atoms with van der Waals surface area (Å²) in [4.78, 5) is 23.6. The van der Waals surface area contributed by atoms with Crippen molar-refractivity contribution in [2.75, 3.05) is 13.1 Å². The predicted molar refractivity (Wildman–Crippen MR) is 84.2 cm³/mol. The standard InChI is InChI=1S/C14H19N3O4.ClH/c1-10(15)14(18)16-8-6-13(7-9-16)21-12-4-2-11(3-5-12)17(19)20;/h2-5,10,13H,6-9,15H2,1H3;1H/t10-;/m1./s1. The van der Waals surface area contributed by atoms with E-state index >= 15 is 0 Å². The lowest BCUT2D eigenvalue weighted by Gasteiger charge is -2.33. The SMILES string of the molecule is C[C@@H](N)C(=O)N1CCC(Oc2ccc([N+](=O)[O-])cc2)CC1.Cl. The predicted octanol–water partition coefficient (Wildman–Crippen LogP) is 1.73. The molecule has 2 rings (SSSR count). The first-order chi connectivity index (χ1) is 9.97. The lowest BCUT2D eigenvalue weighted by molar-refractivity contribution is -0.384. The van der Waals surface area contributed by atoms with Crippen molar-refractivity contribution >= 4 is 24.0 Å². The number of ether oxygens (including phenoxy) is 1. The zero-order chi connectivity index (χ0) is 15.4. The number of likely N-dealkylation sites (tertiary alicyclic amines) is 1. The van der Waals surface area contributed by atoms with Crippen molar-refractivity contribution in [3.63, 3.8) is 0 Å². The maximum atomic E-state index is 11.8. The van der Waals surface area contributed by atoms with Crippen molar-refractivity contribution in [2.45, 2.75) is 31.9 Å². The Bertz CT molecular complexity index is 513. The normalized spacial score (nSPS) is 16.5. The van der Waals surface area contributed by atoms with Gasteiger partial charge in [-0.3, -0.25) is 14.9 Å². The van der Waals surface area contributed by atoms with Crippen LogP contribution in [0.15, 0.2) is 24.3 Å². The number of rotatable bonds is 4. The van der Waals surface area contributed by atoms with Crippen molar-refractivity contribution in [2.24, 2.45) is 5.73 Å². The molecule has 1 aliphatic rings. The number of carbonyl (C=O) groups excluding carboxylic acids is 1. The summed E-state index contributed by atoms with van der Waals surface area (Å²) in [6.45, 7) is 2.93. The summed E-state index contributed by atoms with van der Waals surface area (Å²) in [6.07, 6.45) is 1.48. The van der Waals surface area contributed by atoms with E-state index in [1.165, 1.54) is 12.1 Å². The first kappa shape index (κ1) is 18.2. The highest BCUT2D eigenvalue weighted by Crippen LogP contribution is 2.22. The van der Waals surface area contributed by atoms with Crippen LogP contribution in [0.5, 0.6) is 5.75 Å². The second-order valence-electron chi connectivity index (χ2n) is 5.18. The molecule has 1 aliphatic heterocycles. The van der Waals surface area contributed by atoms with E-state index in [9.17, 15) is 14.9 Å². The van der Waals surface area contributed by atoms with Crippen LogP contribution >= 0.6 is 12.4 Å². The van der Waals surface area contributed by atoms with Crippen molar-refractivity contribution in [3.8, 4) is 5.75 Å². The van der Waals surface area contributed by atoms with E-state index in [1.807, 2.05) is 0 Å². The Balaban J connectivity index is 0.00000242. The molecule has 2 N–H and O–H groups in total. The fraction of sp³-hybridized carbons (Fsp3) is 0.500. The van der Waals surface area contributed by atoms with Crippen LogP contribution < -0.4 is 10.5 Å². The van der Waals surface area contributed by atoms with Gasteiger partial charge in [0.2, 0.25) is 5.91 Å². The van der Waals surface area contributed by atoms with Crippen molar-refractivity contribution in [3.05, 3.63) is 34.4 Å². The molecule has 122 valence electrons. The van der Waals surface area contributed by atoms with E-state index in [-0.39, 0.29) is 30.1 Å². The Hall–Kier alpha value is -1.86. The number of halogens is 1. The Labute approximate surface area is 135 Å². The van der Waals surface area contributed by atoms with Gasteiger partial charge in [0.05, 0.1) is 11.0 Å². The maximum Gasteiger partial charge on any atom is 0.269 e. The van der Waals surface area contributed by atoms with Crippen molar-refractivity contribution in [1.82, 2.24) is 4.90 Å². The van der Waals surface area contributed by atoms with Crippen molar-refractivity contribution < 1.29 is 14.5 Å². The minimum Gasteiger partial charge on any atom is -0.490 e. The molecule has 0 saturated carbocycles. The van der Waals surface area contributed by atoms with E-state index in [2.05, 4.69) is 0 Å². The van der Waals surface area contributed by atoms with Gasteiger partial charge >= 0.3 is 0 Å². The molecule has 7 nitrogen and oxygen atoms in total. The molecule has 0 unspecified atom stereocenters. The highest BCUT2D eigenvalue weighted by Gasteiger charge is 2.25. The second kappa shape index (κ2) is 7.95. The third kappa shape index (κ3) is 4.57. The average Bonchev–Trinajstić information content (AvgIpc) is 2.47. The molecule has 0 radical (unpaired) electrons. The number of hydrogen-bond donors (Lipinski definition) is 1. The molecule has 0 aromatic heterocycles. The van der Waals surface area contributed by atoms with Crippen LogP contribution in [0.1, 0.15) is 19.8 Å². The summed E-state index contributed by atoms with van der Waals surface area (Å²) in [5.41, 5.74) is 5.63. The van der Waals surface area contributed by atoms with E-state index in [0.717, 1.165) is 12.8 Å². The minimum absolute atomic E-state index is 0. The van der Waals surface area contributed by atoms with Crippen LogP contribution in [0.25, 0.3) is 0 Å². The van der Waals surface area contributed by atoms with Gasteiger partial charge in [0.25, 0.3) is 5.69 Å². The quantitative estimate of drug-likeness (QED) is 0.670. The average molecular weight is 330 g/mol. The number of carbonyl (C=O) groups is 1. The summed E-state index contributed by atoms with van der Waals surface area (Å²) in [7, 11) is 0. The Morgan fingerprint density at radius 1 is 1.36 bits per heavy atom. The van der Waals surface area contributed by atoms with Crippen LogP contribution in [-0.4, -0.2) is 41.0 Å². The van der Waals surface area contributed by atoms with Crippen LogP contribution in [0, 0.1) is 10.1 Å². The van der Waals surface area contributed by atoms with Crippen LogP contribution in [-0.2, 0) is 4.79 Å². The molecule has 1 atom stereocenters. The molecule has 1 amide bonds. The van der Waals surface area contributed by atoms with Gasteiger partial charge in [-0.25, -0.2) is 0 Å². The zero-order valence-electron chi connectivity index (χ0n) is 12.3. The fourth-order valence-corrected chi connectivity index (χ4v) is 2.32. The molecular formula is C14H20ClN3O4. The number of piperidine rings is 1. The number of non-ortho nitro benzene ring substituents is 1. The van der Waals surface area contributed by atoms with Gasteiger partial charge in [0, 0.05) is 38.1 Å². The smallest absolute Gasteiger partial charge is 0.269 e. The third-order valence-electron chi connectivity index (χ3n) is 3.49. The number of benzene rings is 1. The maximum absolute atomic E-state index is 11.8. The van der Waals surface area contributed by atoms with E-state index < -0.39 is 11.0 Å². The van der Waals surface area contributed by atoms with Gasteiger partial charge in [-0.15, -0.1) is 12.4 Å². The Kier molecular flexibility index (Phi) is 6.58. The van der Waals surface area contributed by atoms with Gasteiger partial charge < -0.3 is 15.4 Å². The van der Waals surface area contributed by atoms with Crippen LogP contribution in [0.4, 0.5) is 5.69 Å². The molecular weight excluding hydrogens is 310 g/mol. The highest BCUT2D eigenvalue weighted by molar-refractivity contribution is 5.85. The lowest BCUT2D eigenvalue weighted by atomic mass is 10.1. The highest BCUT2D eigenvalue weighted by atomic mass is 35.5. The molecule has 22 heavy (non-hydrogen) atoms. The van der Waals surface area contributed by atoms with Crippen LogP contribution in [0.2, 0.25) is 0 Å². The molecule has 0 aliphatic carbocycles. The molecule has 0 spiro atoms. The summed E-state index contributed by atoms with van der Waals surface area (Å²) in [6, 6.07) is 5.56. The molecule has 1 saturated heterocycles. The number of nitro benzene ring substituents is 1. The molecule has 0 bridgehead atoms. The zero-order valence-corrected chi connectivity index (χ0v) is 13.1. The Morgan fingerprint density at radius 3 is 2.36 bits per heavy atom. The van der Waals surface area contributed by atoms with Crippen LogP contribution in [0.3, 0.4) is 0 Å². The fourth-order valence-electron chi connectivity index (χ4n) is 2.32. The molecule has 1 aromatic carbocycles. The Morgan fingerprint density at radius 2 is 1.91 bits per heavy atom. The first-order valence-corrected chi connectivity index (χ1v) is 6.93. The topological polar surface area (TPSA) is 98.7 Å². The van der Waals surface area contributed by atoms with Crippen molar-refractivity contribution in [1.29, 1.82) is 0 Å². The summed E-state index contributed by atoms with van der Waals surface area (Å²) in [5.74, 6) is 0.571. The van der Waals surface area contributed by atoms with Gasteiger partial charge in [-0.05, 0) is 19.1 Å². The van der Waals surface area contributed by atoms with E-state index in [4.69, 9.17) is 10.5 Å². The first-order valence-electron chi connectivity index (χ1n) is 6.93. The summed E-state index contributed by atoms with van der Waals surface area (Å²) in [5, 5.41) is 10.6. The monoisotopic (exact) mass is 329 g/mol. The largest absolute Gasteiger partial charge is 0.490 e. The van der Waals surface area contributed by atoms with Gasteiger partial charge in [0.1, 0.15) is 11.9 Å². The summed E-state index contributed by atoms with van der Waals surface area (Å²) < 4.78 is 5.79. The second-order valence-corrected chi connectivity index (χ2v) is 5.18. The van der Waals surface area contributed by atoms with Gasteiger partial charge in [0.15, 0.2) is 0 Å². The van der Waals surface area contributed by atoms with Gasteiger partial charge in [-0.1, -0.05) is 0 Å². The lowest BCUT2D eigenvalue weighted by Crippen LogP contribution is -2.47. The number of nitrogens with zero attached hydrogens (tertiary/aromatic N) is 2. The number of hydrogen-bond acceptors (Lipinski definition) is 5. The number of nitro groups is 1.